The number of amides is 1. The monoisotopic (exact) mass is 459 g/mol. The molecule has 1 heterocycles. The molecule has 3 rings (SSSR count). The van der Waals surface area contributed by atoms with Crippen molar-refractivity contribution >= 4 is 44.1 Å². The van der Waals surface area contributed by atoms with Gasteiger partial charge in [-0.05, 0) is 48.9 Å². The summed E-state index contributed by atoms with van der Waals surface area (Å²) in [6.07, 6.45) is 0. The lowest BCUT2D eigenvalue weighted by molar-refractivity contribution is 0.0529. The zero-order valence-electron chi connectivity index (χ0n) is 15.3. The first kappa shape index (κ1) is 20.1. The molecule has 0 saturated heterocycles. The van der Waals surface area contributed by atoms with E-state index >= 15 is 0 Å². The molecule has 3 aromatic rings. The Morgan fingerprint density at radius 3 is 2.36 bits per heavy atom. The Labute approximate surface area is 175 Å². The minimum absolute atomic E-state index is 0.250. The lowest BCUT2D eigenvalue weighted by Crippen LogP contribution is -2.14. The number of hydrogen-bond acceptors (Lipinski definition) is 5. The molecule has 1 N–H and O–H groups in total. The Morgan fingerprint density at radius 2 is 1.75 bits per heavy atom. The molecule has 28 heavy (non-hydrogen) atoms. The molecule has 144 valence electrons. The van der Waals surface area contributed by atoms with E-state index in [-0.39, 0.29) is 12.5 Å². The molecule has 0 saturated carbocycles. The summed E-state index contributed by atoms with van der Waals surface area (Å²) >= 11 is 4.70. The largest absolute Gasteiger partial charge is 0.497 e. The molecule has 0 spiro atoms. The van der Waals surface area contributed by atoms with Gasteiger partial charge in [-0.3, -0.25) is 4.79 Å². The van der Waals surface area contributed by atoms with E-state index in [1.165, 1.54) is 11.3 Å². The van der Waals surface area contributed by atoms with Gasteiger partial charge in [-0.2, -0.15) is 0 Å². The summed E-state index contributed by atoms with van der Waals surface area (Å²) in [4.78, 5) is 25.2. The van der Waals surface area contributed by atoms with Crippen LogP contribution in [0, 0.1) is 0 Å². The SMILES string of the molecule is CCOC(=O)c1c(-c2ccc(Br)cc2)csc1NC(=O)c1ccc(OC)cc1. The van der Waals surface area contributed by atoms with Crippen LogP contribution in [0.3, 0.4) is 0 Å². The minimum atomic E-state index is -0.466. The minimum Gasteiger partial charge on any atom is -0.497 e. The van der Waals surface area contributed by atoms with E-state index in [2.05, 4.69) is 21.2 Å². The van der Waals surface area contributed by atoms with Crippen LogP contribution in [-0.2, 0) is 4.74 Å². The highest BCUT2D eigenvalue weighted by Gasteiger charge is 2.23. The zero-order chi connectivity index (χ0) is 20.1. The van der Waals surface area contributed by atoms with E-state index in [9.17, 15) is 9.59 Å². The Balaban J connectivity index is 1.94. The molecule has 1 aromatic heterocycles. The van der Waals surface area contributed by atoms with Gasteiger partial charge < -0.3 is 14.8 Å². The van der Waals surface area contributed by atoms with Crippen LogP contribution in [0.4, 0.5) is 5.00 Å². The molecule has 0 aliphatic rings. The number of benzene rings is 2. The standard InChI is InChI=1S/C21H18BrNO4S/c1-3-27-21(25)18-17(13-4-8-15(22)9-5-13)12-28-20(18)23-19(24)14-6-10-16(26-2)11-7-14/h4-12H,3H2,1-2H3,(H,23,24). The van der Waals surface area contributed by atoms with E-state index in [1.807, 2.05) is 29.6 Å². The molecular weight excluding hydrogens is 442 g/mol. The van der Waals surface area contributed by atoms with Gasteiger partial charge in [0, 0.05) is 21.0 Å². The Kier molecular flexibility index (Phi) is 6.49. The highest BCUT2D eigenvalue weighted by Crippen LogP contribution is 2.37. The average molecular weight is 460 g/mol. The van der Waals surface area contributed by atoms with Crippen LogP contribution in [0.2, 0.25) is 0 Å². The predicted molar refractivity (Wildman–Crippen MR) is 114 cm³/mol. The first-order valence-electron chi connectivity index (χ1n) is 8.53. The molecule has 0 atom stereocenters. The molecule has 0 aliphatic heterocycles. The second-order valence-corrected chi connectivity index (χ2v) is 7.56. The highest BCUT2D eigenvalue weighted by atomic mass is 79.9. The molecule has 0 unspecified atom stereocenters. The van der Waals surface area contributed by atoms with Gasteiger partial charge in [0.1, 0.15) is 16.3 Å². The van der Waals surface area contributed by atoms with Gasteiger partial charge in [-0.25, -0.2) is 4.79 Å². The van der Waals surface area contributed by atoms with Crippen molar-refractivity contribution in [3.63, 3.8) is 0 Å². The molecule has 1 amide bonds. The Hall–Kier alpha value is -2.64. The number of ether oxygens (including phenoxy) is 2. The van der Waals surface area contributed by atoms with Gasteiger partial charge >= 0.3 is 5.97 Å². The summed E-state index contributed by atoms with van der Waals surface area (Å²) in [7, 11) is 1.57. The van der Waals surface area contributed by atoms with E-state index < -0.39 is 5.97 Å². The number of hydrogen-bond donors (Lipinski definition) is 1. The maximum absolute atomic E-state index is 12.6. The van der Waals surface area contributed by atoms with Crippen LogP contribution < -0.4 is 10.1 Å². The lowest BCUT2D eigenvalue weighted by Gasteiger charge is -2.09. The van der Waals surface area contributed by atoms with Crippen LogP contribution in [0.5, 0.6) is 5.75 Å². The number of esters is 1. The molecule has 0 aliphatic carbocycles. The van der Waals surface area contributed by atoms with Crippen LogP contribution >= 0.6 is 27.3 Å². The van der Waals surface area contributed by atoms with E-state index in [0.717, 1.165) is 15.6 Å². The van der Waals surface area contributed by atoms with E-state index in [0.29, 0.717) is 21.9 Å². The molecule has 5 nitrogen and oxygen atoms in total. The van der Waals surface area contributed by atoms with E-state index in [4.69, 9.17) is 9.47 Å². The average Bonchev–Trinajstić information content (AvgIpc) is 3.12. The fourth-order valence-electron chi connectivity index (χ4n) is 2.62. The summed E-state index contributed by atoms with van der Waals surface area (Å²) in [5.41, 5.74) is 2.42. The first-order valence-corrected chi connectivity index (χ1v) is 10.2. The second-order valence-electron chi connectivity index (χ2n) is 5.76. The van der Waals surface area contributed by atoms with Gasteiger partial charge in [-0.15, -0.1) is 11.3 Å². The van der Waals surface area contributed by atoms with Crippen molar-refractivity contribution in [2.75, 3.05) is 19.0 Å². The number of anilines is 1. The number of thiophene rings is 1. The number of nitrogens with one attached hydrogen (secondary N) is 1. The normalized spacial score (nSPS) is 10.4. The second kappa shape index (κ2) is 9.03. The van der Waals surface area contributed by atoms with Crippen molar-refractivity contribution in [1.82, 2.24) is 0 Å². The predicted octanol–water partition coefficient (Wildman–Crippen LogP) is 5.62. The summed E-state index contributed by atoms with van der Waals surface area (Å²) in [5.74, 6) is -0.110. The summed E-state index contributed by atoms with van der Waals surface area (Å²) in [6.45, 7) is 2.00. The topological polar surface area (TPSA) is 64.6 Å². The smallest absolute Gasteiger partial charge is 0.341 e. The van der Waals surface area contributed by atoms with Crippen molar-refractivity contribution in [3.8, 4) is 16.9 Å². The number of methoxy groups -OCH3 is 1. The quantitative estimate of drug-likeness (QED) is 0.486. The summed E-state index contributed by atoms with van der Waals surface area (Å²) < 4.78 is 11.3. The van der Waals surface area contributed by atoms with Gasteiger partial charge in [-0.1, -0.05) is 28.1 Å². The van der Waals surface area contributed by atoms with Crippen LogP contribution in [0.15, 0.2) is 58.4 Å². The number of halogens is 1. The van der Waals surface area contributed by atoms with Gasteiger partial charge in [0.25, 0.3) is 5.91 Å². The number of rotatable bonds is 6. The van der Waals surface area contributed by atoms with Crippen molar-refractivity contribution in [3.05, 3.63) is 69.5 Å². The molecule has 7 heteroatoms. The van der Waals surface area contributed by atoms with Crippen molar-refractivity contribution in [1.29, 1.82) is 0 Å². The fraction of sp³-hybridized carbons (Fsp3) is 0.143. The van der Waals surface area contributed by atoms with Gasteiger partial charge in [0.05, 0.1) is 13.7 Å². The molecule has 2 aromatic carbocycles. The third-order valence-electron chi connectivity index (χ3n) is 4.01. The molecule has 0 fully saturated rings. The lowest BCUT2D eigenvalue weighted by atomic mass is 10.0. The van der Waals surface area contributed by atoms with Crippen molar-refractivity contribution in [2.45, 2.75) is 6.92 Å². The van der Waals surface area contributed by atoms with Crippen LogP contribution in [-0.4, -0.2) is 25.6 Å². The van der Waals surface area contributed by atoms with Crippen LogP contribution in [0.25, 0.3) is 11.1 Å². The van der Waals surface area contributed by atoms with Crippen LogP contribution in [0.1, 0.15) is 27.6 Å². The van der Waals surface area contributed by atoms with E-state index in [1.54, 1.807) is 38.3 Å². The molecular formula is C21H18BrNO4S. The first-order chi connectivity index (χ1) is 13.5. The molecule has 0 radical (unpaired) electrons. The maximum atomic E-state index is 12.6. The number of carbonyl (C=O) groups excluding carboxylic acids is 2. The van der Waals surface area contributed by atoms with Crippen molar-refractivity contribution < 1.29 is 19.1 Å². The number of carbonyl (C=O) groups is 2. The maximum Gasteiger partial charge on any atom is 0.341 e. The summed E-state index contributed by atoms with van der Waals surface area (Å²) in [5, 5.41) is 5.14. The third-order valence-corrected chi connectivity index (χ3v) is 5.43. The van der Waals surface area contributed by atoms with Gasteiger partial charge in [0.15, 0.2) is 0 Å². The Morgan fingerprint density at radius 1 is 1.07 bits per heavy atom. The fourth-order valence-corrected chi connectivity index (χ4v) is 3.83. The van der Waals surface area contributed by atoms with Gasteiger partial charge in [0.2, 0.25) is 0 Å². The van der Waals surface area contributed by atoms with Crippen molar-refractivity contribution in [2.24, 2.45) is 0 Å². The zero-order valence-corrected chi connectivity index (χ0v) is 17.7. The highest BCUT2D eigenvalue weighted by molar-refractivity contribution is 9.10. The third kappa shape index (κ3) is 4.43. The Bertz CT molecular complexity index is 981. The molecule has 0 bridgehead atoms. The summed E-state index contributed by atoms with van der Waals surface area (Å²) in [6, 6.07) is 14.4.